The molecule has 5 rings (SSSR count). The summed E-state index contributed by atoms with van der Waals surface area (Å²) in [6.45, 7) is 19.7. The summed E-state index contributed by atoms with van der Waals surface area (Å²) in [4.78, 5) is 56.6. The standard InChI is InChI=1S/C51H82NO15S/c1-18-37-51(11)39(43(47(57)67-51)68-26-34-19-21-35(58-15)22-20-34)29(4)40(54)27(2)24-49(9,59-16)44(66-48-41(55)36(52(12,13)14)23-28(3)61-48)30(5)42(31(6)46(56)64-37)65-38-25-50(10,60-17)45(32(7)62-38)63-33(8)53/h19-22,27-32,36-39,41-45,48,55H,18,23-26H2,1-17H3/q+1/t27-,28-,29-,30+,31-,32+,36+,37-,38+,39+,41-,42+,43?,44-,45+,48+,49-,50-,51-/m1/s1. The number of ether oxygens (including phenoxy) is 10. The molecule has 0 amide bonds. The van der Waals surface area contributed by atoms with Crippen molar-refractivity contribution in [1.29, 1.82) is 0 Å². The topological polar surface area (TPSA) is 181 Å². The van der Waals surface area contributed by atoms with Gasteiger partial charge in [0.1, 0.15) is 34.5 Å². The number of likely N-dealkylation sites (N-methyl/N-ethyl adjacent to an activating group) is 1. The van der Waals surface area contributed by atoms with Crippen LogP contribution in [0.3, 0.4) is 0 Å². The summed E-state index contributed by atoms with van der Waals surface area (Å²) in [6.07, 6.45) is -6.77. The van der Waals surface area contributed by atoms with Crippen molar-refractivity contribution in [3.8, 4) is 5.75 Å². The summed E-state index contributed by atoms with van der Waals surface area (Å²) in [5.74, 6) is -4.42. The van der Waals surface area contributed by atoms with Crippen LogP contribution in [0.2, 0.25) is 0 Å². The highest BCUT2D eigenvalue weighted by atomic mass is 32.2. The first kappa shape index (κ1) is 56.0. The monoisotopic (exact) mass is 981 g/mol. The van der Waals surface area contributed by atoms with Crippen molar-refractivity contribution in [2.24, 2.45) is 29.6 Å². The Kier molecular flexibility index (Phi) is 18.4. The van der Waals surface area contributed by atoms with Gasteiger partial charge < -0.3 is 57.0 Å². The summed E-state index contributed by atoms with van der Waals surface area (Å²) in [5, 5.41) is 11.3. The molecule has 19 atom stereocenters. The van der Waals surface area contributed by atoms with Crippen LogP contribution in [0.5, 0.6) is 5.75 Å². The minimum Gasteiger partial charge on any atom is -0.497 e. The molecule has 386 valence electrons. The zero-order valence-electron chi connectivity index (χ0n) is 43.6. The summed E-state index contributed by atoms with van der Waals surface area (Å²) in [5.41, 5.74) is -2.76. The number of aliphatic hydroxyl groups is 1. The Hall–Kier alpha value is -2.87. The molecular formula is C51H82NO15S+. The van der Waals surface area contributed by atoms with E-state index in [-0.39, 0.29) is 37.2 Å². The molecule has 4 heterocycles. The number of benzene rings is 1. The zero-order chi connectivity index (χ0) is 50.8. The first-order valence-electron chi connectivity index (χ1n) is 24.3. The number of cyclic esters (lactones) is 1. The van der Waals surface area contributed by atoms with Gasteiger partial charge in [0.05, 0.1) is 64.2 Å². The predicted molar refractivity (Wildman–Crippen MR) is 254 cm³/mol. The van der Waals surface area contributed by atoms with Gasteiger partial charge in [-0.3, -0.25) is 19.2 Å². The largest absolute Gasteiger partial charge is 0.497 e. The van der Waals surface area contributed by atoms with E-state index in [2.05, 4.69) is 0 Å². The number of fused-ring (bicyclic) bond motifs is 1. The SMILES string of the molecule is CC[C@H]1OC(=O)[C@H](C)[C@@H](O[C@H]2C[C@@](C)(OC)[C@@H](OC(C)=O)[C@H](C)O2)[C@H](C)[C@@H](O[C@@H]2O[C@H](C)C[C@H]([N+](C)(C)C)[C@H]2O)[C@](C)(OC)C[C@@H](C)C(=O)[C@H](C)[C@H]2C(SCc3ccc(OC)cc3)C(=O)O[C@@]21C. The van der Waals surface area contributed by atoms with Crippen molar-refractivity contribution in [3.05, 3.63) is 29.8 Å². The van der Waals surface area contributed by atoms with Crippen LogP contribution >= 0.6 is 11.8 Å². The molecular weight excluding hydrogens is 899 g/mol. The molecule has 4 aliphatic rings. The van der Waals surface area contributed by atoms with Crippen LogP contribution in [0, 0.1) is 29.6 Å². The highest BCUT2D eigenvalue weighted by molar-refractivity contribution is 7.99. The molecule has 1 aromatic carbocycles. The van der Waals surface area contributed by atoms with Crippen molar-refractivity contribution in [2.75, 3.05) is 42.5 Å². The number of carbonyl (C=O) groups excluding carboxylic acids is 4. The van der Waals surface area contributed by atoms with Crippen LogP contribution in [0.15, 0.2) is 24.3 Å². The number of hydrogen-bond donors (Lipinski definition) is 1. The molecule has 0 saturated carbocycles. The molecule has 0 aliphatic carbocycles. The molecule has 4 saturated heterocycles. The summed E-state index contributed by atoms with van der Waals surface area (Å²) in [6, 6.07) is 7.33. The van der Waals surface area contributed by atoms with Crippen LogP contribution in [0.25, 0.3) is 0 Å². The normalized spacial score (nSPS) is 42.1. The maximum Gasteiger partial charge on any atom is 0.320 e. The van der Waals surface area contributed by atoms with Crippen molar-refractivity contribution in [3.63, 3.8) is 0 Å². The van der Waals surface area contributed by atoms with Crippen molar-refractivity contribution < 1.29 is 76.1 Å². The maximum absolute atomic E-state index is 15.1. The number of thioether (sulfide) groups is 1. The smallest absolute Gasteiger partial charge is 0.320 e. The van der Waals surface area contributed by atoms with Gasteiger partial charge in [-0.2, -0.15) is 0 Å². The van der Waals surface area contributed by atoms with Crippen molar-refractivity contribution >= 4 is 35.5 Å². The second-order valence-electron chi connectivity index (χ2n) is 21.4. The second kappa shape index (κ2) is 22.3. The van der Waals surface area contributed by atoms with E-state index in [0.717, 1.165) is 5.56 Å². The molecule has 1 N–H and O–H groups in total. The van der Waals surface area contributed by atoms with E-state index in [1.807, 2.05) is 93.9 Å². The lowest BCUT2D eigenvalue weighted by atomic mass is 9.70. The molecule has 4 aliphatic heterocycles. The summed E-state index contributed by atoms with van der Waals surface area (Å²) in [7, 11) is 10.7. The number of aliphatic hydroxyl groups excluding tert-OH is 1. The Morgan fingerprint density at radius 2 is 1.47 bits per heavy atom. The number of quaternary nitrogens is 1. The highest BCUT2D eigenvalue weighted by Gasteiger charge is 2.62. The third-order valence-corrected chi connectivity index (χ3v) is 16.8. The van der Waals surface area contributed by atoms with Crippen LogP contribution in [-0.4, -0.2) is 159 Å². The fraction of sp³-hybridized carbons (Fsp3) is 0.804. The molecule has 0 spiro atoms. The number of carbonyl (C=O) groups is 4. The van der Waals surface area contributed by atoms with Crippen LogP contribution < -0.4 is 4.74 Å². The van der Waals surface area contributed by atoms with E-state index in [1.54, 1.807) is 35.0 Å². The molecule has 17 heteroatoms. The Bertz CT molecular complexity index is 1900. The van der Waals surface area contributed by atoms with E-state index < -0.39 is 119 Å². The quantitative estimate of drug-likeness (QED) is 0.132. The molecule has 1 unspecified atom stereocenters. The number of rotatable bonds is 13. The van der Waals surface area contributed by atoms with Crippen LogP contribution in [0.1, 0.15) is 107 Å². The molecule has 4 fully saturated rings. The Morgan fingerprint density at radius 3 is 2.03 bits per heavy atom. The van der Waals surface area contributed by atoms with Crippen molar-refractivity contribution in [1.82, 2.24) is 0 Å². The molecule has 16 nitrogen and oxygen atoms in total. The van der Waals surface area contributed by atoms with E-state index in [1.165, 1.54) is 25.8 Å². The van der Waals surface area contributed by atoms with Gasteiger partial charge in [-0.25, -0.2) is 0 Å². The third-order valence-electron chi connectivity index (χ3n) is 15.4. The van der Waals surface area contributed by atoms with Gasteiger partial charge in [0.2, 0.25) is 0 Å². The lowest BCUT2D eigenvalue weighted by Gasteiger charge is -2.50. The minimum atomic E-state index is -1.39. The first-order chi connectivity index (χ1) is 31.7. The number of esters is 3. The van der Waals surface area contributed by atoms with E-state index >= 15 is 9.59 Å². The van der Waals surface area contributed by atoms with Gasteiger partial charge in [-0.15, -0.1) is 11.8 Å². The van der Waals surface area contributed by atoms with Gasteiger partial charge >= 0.3 is 17.9 Å². The number of nitrogens with zero attached hydrogens (tertiary/aromatic N) is 1. The van der Waals surface area contributed by atoms with Crippen LogP contribution in [0.4, 0.5) is 0 Å². The molecule has 68 heavy (non-hydrogen) atoms. The number of Topliss-reactive ketones (excluding diaryl/α,β-unsaturated/α-hetero) is 1. The third kappa shape index (κ3) is 11.9. The lowest BCUT2D eigenvalue weighted by molar-refractivity contribution is -0.903. The van der Waals surface area contributed by atoms with E-state index in [4.69, 9.17) is 47.4 Å². The summed E-state index contributed by atoms with van der Waals surface area (Å²) >= 11 is 1.40. The Morgan fingerprint density at radius 1 is 0.853 bits per heavy atom. The number of methoxy groups -OCH3 is 3. The van der Waals surface area contributed by atoms with Gasteiger partial charge in [0.15, 0.2) is 30.4 Å². The molecule has 1 aromatic rings. The van der Waals surface area contributed by atoms with Gasteiger partial charge in [-0.05, 0) is 72.1 Å². The molecule has 0 radical (unpaired) electrons. The van der Waals surface area contributed by atoms with Gasteiger partial charge in [0, 0.05) is 63.4 Å². The predicted octanol–water partition coefficient (Wildman–Crippen LogP) is 6.29. The average molecular weight is 981 g/mol. The fourth-order valence-corrected chi connectivity index (χ4v) is 12.9. The fourth-order valence-electron chi connectivity index (χ4n) is 11.5. The lowest BCUT2D eigenvalue weighted by Crippen LogP contribution is -2.63. The Labute approximate surface area is 408 Å². The number of hydrogen-bond acceptors (Lipinski definition) is 16. The number of ketones is 1. The van der Waals surface area contributed by atoms with E-state index in [9.17, 15) is 14.7 Å². The summed E-state index contributed by atoms with van der Waals surface area (Å²) < 4.78 is 63.9. The first-order valence-corrected chi connectivity index (χ1v) is 25.3. The maximum atomic E-state index is 15.1. The minimum absolute atomic E-state index is 0.114. The molecule has 0 aromatic heterocycles. The zero-order valence-corrected chi connectivity index (χ0v) is 44.4. The van der Waals surface area contributed by atoms with Gasteiger partial charge in [0.25, 0.3) is 0 Å². The highest BCUT2D eigenvalue weighted by Crippen LogP contribution is 2.50. The van der Waals surface area contributed by atoms with Gasteiger partial charge in [-0.1, -0.05) is 39.8 Å². The Balaban J connectivity index is 1.64. The average Bonchev–Trinajstić information content (AvgIpc) is 3.54. The van der Waals surface area contributed by atoms with Crippen LogP contribution in [-0.2, 0) is 67.6 Å². The van der Waals surface area contributed by atoms with E-state index in [0.29, 0.717) is 22.4 Å². The molecule has 0 bridgehead atoms. The van der Waals surface area contributed by atoms with Crippen molar-refractivity contribution in [2.45, 2.75) is 191 Å². The second-order valence-corrected chi connectivity index (χ2v) is 22.5.